The molecule has 1 saturated heterocycles. The predicted octanol–water partition coefficient (Wildman–Crippen LogP) is 3.26. The van der Waals surface area contributed by atoms with Gasteiger partial charge in [0, 0.05) is 17.4 Å². The minimum atomic E-state index is 0.184. The van der Waals surface area contributed by atoms with Crippen LogP contribution in [0.4, 0.5) is 0 Å². The lowest BCUT2D eigenvalue weighted by atomic mass is 9.96. The van der Waals surface area contributed by atoms with Crippen LogP contribution in [0, 0.1) is 0 Å². The van der Waals surface area contributed by atoms with Crippen molar-refractivity contribution in [3.8, 4) is 0 Å². The van der Waals surface area contributed by atoms with E-state index >= 15 is 0 Å². The van der Waals surface area contributed by atoms with Crippen molar-refractivity contribution < 1.29 is 9.21 Å². The SMILES string of the molecule is CC(C)c1nnc(C2CCN(CC(=O)c3ccccc3)CC2)o1. The van der Waals surface area contributed by atoms with Crippen molar-refractivity contribution in [2.45, 2.75) is 38.5 Å². The molecule has 0 unspecified atom stereocenters. The highest BCUT2D eigenvalue weighted by Gasteiger charge is 2.26. The van der Waals surface area contributed by atoms with E-state index in [0.717, 1.165) is 37.4 Å². The van der Waals surface area contributed by atoms with Gasteiger partial charge >= 0.3 is 0 Å². The van der Waals surface area contributed by atoms with Crippen molar-refractivity contribution in [3.05, 3.63) is 47.7 Å². The summed E-state index contributed by atoms with van der Waals surface area (Å²) in [6.07, 6.45) is 1.92. The molecule has 1 fully saturated rings. The van der Waals surface area contributed by atoms with Gasteiger partial charge in [0.2, 0.25) is 11.8 Å². The quantitative estimate of drug-likeness (QED) is 0.793. The third-order valence-electron chi connectivity index (χ3n) is 4.35. The summed E-state index contributed by atoms with van der Waals surface area (Å²) >= 11 is 0. The smallest absolute Gasteiger partial charge is 0.219 e. The average Bonchev–Trinajstić information content (AvgIpc) is 3.07. The summed E-state index contributed by atoms with van der Waals surface area (Å²) in [7, 11) is 0. The Morgan fingerprint density at radius 2 is 1.91 bits per heavy atom. The summed E-state index contributed by atoms with van der Waals surface area (Å²) in [5.74, 6) is 2.23. The molecule has 5 heteroatoms. The second-order valence-electron chi connectivity index (χ2n) is 6.47. The first-order valence-corrected chi connectivity index (χ1v) is 8.27. The molecule has 0 spiro atoms. The Morgan fingerprint density at radius 1 is 1.22 bits per heavy atom. The van der Waals surface area contributed by atoms with Crippen molar-refractivity contribution in [1.82, 2.24) is 15.1 Å². The molecule has 0 radical (unpaired) electrons. The fourth-order valence-corrected chi connectivity index (χ4v) is 2.90. The Bertz CT molecular complexity index is 643. The Kier molecular flexibility index (Phi) is 4.86. The van der Waals surface area contributed by atoms with Crippen LogP contribution in [0.1, 0.15) is 60.7 Å². The van der Waals surface area contributed by atoms with Crippen LogP contribution >= 0.6 is 0 Å². The molecule has 23 heavy (non-hydrogen) atoms. The summed E-state index contributed by atoms with van der Waals surface area (Å²) in [5, 5.41) is 8.31. The summed E-state index contributed by atoms with van der Waals surface area (Å²) in [4.78, 5) is 14.5. The molecule has 1 aliphatic heterocycles. The van der Waals surface area contributed by atoms with Gasteiger partial charge in [-0.15, -0.1) is 10.2 Å². The molecule has 0 bridgehead atoms. The first-order chi connectivity index (χ1) is 11.1. The van der Waals surface area contributed by atoms with Crippen LogP contribution in [0.15, 0.2) is 34.7 Å². The number of likely N-dealkylation sites (tertiary alicyclic amines) is 1. The number of nitrogens with zero attached hydrogens (tertiary/aromatic N) is 3. The van der Waals surface area contributed by atoms with E-state index in [1.807, 2.05) is 30.3 Å². The molecule has 3 rings (SSSR count). The Balaban J connectivity index is 1.53. The van der Waals surface area contributed by atoms with E-state index in [4.69, 9.17) is 4.42 Å². The van der Waals surface area contributed by atoms with Gasteiger partial charge < -0.3 is 4.42 Å². The maximum Gasteiger partial charge on any atom is 0.219 e. The van der Waals surface area contributed by atoms with Gasteiger partial charge in [0.15, 0.2) is 5.78 Å². The zero-order chi connectivity index (χ0) is 16.2. The highest BCUT2D eigenvalue weighted by Crippen LogP contribution is 2.28. The van der Waals surface area contributed by atoms with Crippen LogP contribution in [0.25, 0.3) is 0 Å². The average molecular weight is 313 g/mol. The van der Waals surface area contributed by atoms with E-state index in [1.54, 1.807) is 0 Å². The lowest BCUT2D eigenvalue weighted by molar-refractivity contribution is 0.0905. The summed E-state index contributed by atoms with van der Waals surface area (Å²) in [6.45, 7) is 6.37. The highest BCUT2D eigenvalue weighted by molar-refractivity contribution is 5.97. The number of carbonyl (C=O) groups excluding carboxylic acids is 1. The molecule has 1 aromatic heterocycles. The first-order valence-electron chi connectivity index (χ1n) is 8.27. The molecular formula is C18H23N3O2. The molecule has 0 amide bonds. The zero-order valence-corrected chi connectivity index (χ0v) is 13.7. The van der Waals surface area contributed by atoms with Crippen LogP contribution in [0.3, 0.4) is 0 Å². The number of carbonyl (C=O) groups is 1. The van der Waals surface area contributed by atoms with Gasteiger partial charge in [0.1, 0.15) is 0 Å². The monoisotopic (exact) mass is 313 g/mol. The van der Waals surface area contributed by atoms with Gasteiger partial charge in [-0.25, -0.2) is 0 Å². The number of piperidine rings is 1. The molecule has 5 nitrogen and oxygen atoms in total. The number of benzene rings is 1. The van der Waals surface area contributed by atoms with E-state index in [9.17, 15) is 4.79 Å². The second kappa shape index (κ2) is 7.04. The first kappa shape index (κ1) is 15.9. The van der Waals surface area contributed by atoms with Crippen molar-refractivity contribution in [2.75, 3.05) is 19.6 Å². The summed E-state index contributed by atoms with van der Waals surface area (Å²) < 4.78 is 5.76. The molecular weight excluding hydrogens is 290 g/mol. The Labute approximate surface area is 136 Å². The minimum absolute atomic E-state index is 0.184. The van der Waals surface area contributed by atoms with E-state index in [1.165, 1.54) is 0 Å². The van der Waals surface area contributed by atoms with Gasteiger partial charge in [-0.2, -0.15) is 0 Å². The van der Waals surface area contributed by atoms with E-state index in [2.05, 4.69) is 28.9 Å². The van der Waals surface area contributed by atoms with Crippen molar-refractivity contribution >= 4 is 5.78 Å². The fraction of sp³-hybridized carbons (Fsp3) is 0.500. The van der Waals surface area contributed by atoms with Gasteiger partial charge in [-0.05, 0) is 25.9 Å². The Hall–Kier alpha value is -2.01. The number of hydrogen-bond donors (Lipinski definition) is 0. The maximum absolute atomic E-state index is 12.3. The molecule has 1 aliphatic rings. The number of Topliss-reactive ketones (excluding diaryl/α,β-unsaturated/α-hetero) is 1. The molecule has 0 atom stereocenters. The summed E-state index contributed by atoms with van der Waals surface area (Å²) in [5.41, 5.74) is 0.785. The number of rotatable bonds is 5. The largest absolute Gasteiger partial charge is 0.425 e. The lowest BCUT2D eigenvalue weighted by Gasteiger charge is -2.29. The van der Waals surface area contributed by atoms with Gasteiger partial charge in [0.05, 0.1) is 6.54 Å². The van der Waals surface area contributed by atoms with Crippen molar-refractivity contribution in [1.29, 1.82) is 0 Å². The second-order valence-corrected chi connectivity index (χ2v) is 6.47. The highest BCUT2D eigenvalue weighted by atomic mass is 16.4. The molecule has 2 aromatic rings. The van der Waals surface area contributed by atoms with Crippen LogP contribution in [0.2, 0.25) is 0 Å². The molecule has 122 valence electrons. The third-order valence-corrected chi connectivity index (χ3v) is 4.35. The molecule has 2 heterocycles. The number of ketones is 1. The molecule has 0 N–H and O–H groups in total. The van der Waals surface area contributed by atoms with E-state index in [0.29, 0.717) is 18.4 Å². The normalized spacial score (nSPS) is 16.8. The van der Waals surface area contributed by atoms with E-state index < -0.39 is 0 Å². The van der Waals surface area contributed by atoms with Gasteiger partial charge in [-0.3, -0.25) is 9.69 Å². The number of aromatic nitrogens is 2. The van der Waals surface area contributed by atoms with E-state index in [-0.39, 0.29) is 11.7 Å². The minimum Gasteiger partial charge on any atom is -0.425 e. The van der Waals surface area contributed by atoms with Crippen molar-refractivity contribution in [3.63, 3.8) is 0 Å². The standard InChI is InChI=1S/C18H23N3O2/c1-13(2)17-19-20-18(23-17)15-8-10-21(11-9-15)12-16(22)14-6-4-3-5-7-14/h3-7,13,15H,8-12H2,1-2H3. The Morgan fingerprint density at radius 3 is 2.52 bits per heavy atom. The van der Waals surface area contributed by atoms with Crippen LogP contribution in [-0.4, -0.2) is 40.5 Å². The van der Waals surface area contributed by atoms with Gasteiger partial charge in [0.25, 0.3) is 0 Å². The molecule has 0 aliphatic carbocycles. The number of hydrogen-bond acceptors (Lipinski definition) is 5. The van der Waals surface area contributed by atoms with Crippen LogP contribution in [-0.2, 0) is 0 Å². The maximum atomic E-state index is 12.3. The fourth-order valence-electron chi connectivity index (χ4n) is 2.90. The third kappa shape index (κ3) is 3.85. The summed E-state index contributed by atoms with van der Waals surface area (Å²) in [6, 6.07) is 9.49. The zero-order valence-electron chi connectivity index (χ0n) is 13.7. The van der Waals surface area contributed by atoms with Crippen LogP contribution in [0.5, 0.6) is 0 Å². The van der Waals surface area contributed by atoms with Gasteiger partial charge in [-0.1, -0.05) is 44.2 Å². The lowest BCUT2D eigenvalue weighted by Crippen LogP contribution is -2.36. The molecule has 0 saturated carbocycles. The van der Waals surface area contributed by atoms with Crippen LogP contribution < -0.4 is 0 Å². The topological polar surface area (TPSA) is 59.2 Å². The van der Waals surface area contributed by atoms with Crippen molar-refractivity contribution in [2.24, 2.45) is 0 Å². The predicted molar refractivity (Wildman–Crippen MR) is 87.6 cm³/mol. The molecule has 1 aromatic carbocycles.